The Morgan fingerprint density at radius 1 is 1.30 bits per heavy atom. The summed E-state index contributed by atoms with van der Waals surface area (Å²) >= 11 is 0. The molecule has 0 heterocycles. The molecule has 3 nitrogen and oxygen atoms in total. The highest BCUT2D eigenvalue weighted by Crippen LogP contribution is 1.84. The molecule has 0 unspecified atom stereocenters. The lowest BCUT2D eigenvalue weighted by Gasteiger charge is -2.04. The zero-order valence-corrected chi connectivity index (χ0v) is 6.64. The molecule has 10 heavy (non-hydrogen) atoms. The molecule has 0 atom stereocenters. The number of hydrogen-bond donors (Lipinski definition) is 1. The maximum absolute atomic E-state index is 7.10. The van der Waals surface area contributed by atoms with Crippen molar-refractivity contribution in [2.45, 2.75) is 20.3 Å². The van der Waals surface area contributed by atoms with Crippen molar-refractivity contribution in [3.05, 3.63) is 0 Å². The molecular formula is C7H15NO2. The topological polar surface area (TPSA) is 42.3 Å². The van der Waals surface area contributed by atoms with Crippen molar-refractivity contribution in [2.24, 2.45) is 0 Å². The van der Waals surface area contributed by atoms with Crippen molar-refractivity contribution in [2.75, 3.05) is 19.8 Å². The Labute approximate surface area is 61.8 Å². The predicted octanol–water partition coefficient (Wildman–Crippen LogP) is 1.43. The second-order valence-electron chi connectivity index (χ2n) is 1.82. The molecule has 0 saturated heterocycles. The van der Waals surface area contributed by atoms with Gasteiger partial charge in [0.25, 0.3) is 0 Å². The van der Waals surface area contributed by atoms with Gasteiger partial charge in [0.15, 0.2) is 5.90 Å². The molecule has 0 aromatic rings. The maximum atomic E-state index is 7.10. The summed E-state index contributed by atoms with van der Waals surface area (Å²) in [6.45, 7) is 5.62. The van der Waals surface area contributed by atoms with Gasteiger partial charge in [0, 0.05) is 13.0 Å². The highest BCUT2D eigenvalue weighted by atomic mass is 16.5. The van der Waals surface area contributed by atoms with Crippen LogP contribution in [0.25, 0.3) is 0 Å². The van der Waals surface area contributed by atoms with Crippen molar-refractivity contribution in [3.63, 3.8) is 0 Å². The third kappa shape index (κ3) is 5.56. The van der Waals surface area contributed by atoms with Gasteiger partial charge >= 0.3 is 0 Å². The number of nitrogens with one attached hydrogen (secondary N) is 1. The quantitative estimate of drug-likeness (QED) is 0.361. The van der Waals surface area contributed by atoms with Crippen LogP contribution >= 0.6 is 0 Å². The summed E-state index contributed by atoms with van der Waals surface area (Å²) in [6, 6.07) is 0. The van der Waals surface area contributed by atoms with Crippen LogP contribution in [0.15, 0.2) is 0 Å². The van der Waals surface area contributed by atoms with Gasteiger partial charge in [0.2, 0.25) is 0 Å². The molecule has 0 bridgehead atoms. The van der Waals surface area contributed by atoms with E-state index in [2.05, 4.69) is 0 Å². The molecule has 0 saturated carbocycles. The highest BCUT2D eigenvalue weighted by molar-refractivity contribution is 5.71. The molecule has 0 spiro atoms. The Morgan fingerprint density at radius 2 is 2.00 bits per heavy atom. The zero-order chi connectivity index (χ0) is 7.82. The Morgan fingerprint density at radius 3 is 2.50 bits per heavy atom. The largest absolute Gasteiger partial charge is 0.479 e. The second kappa shape index (κ2) is 6.55. The Kier molecular flexibility index (Phi) is 6.18. The minimum absolute atomic E-state index is 0.333. The van der Waals surface area contributed by atoms with E-state index in [1.54, 1.807) is 0 Å². The summed E-state index contributed by atoms with van der Waals surface area (Å²) in [6.07, 6.45) is 0.659. The molecule has 60 valence electrons. The number of hydrogen-bond acceptors (Lipinski definition) is 3. The van der Waals surface area contributed by atoms with Gasteiger partial charge in [0.05, 0.1) is 6.61 Å². The van der Waals surface area contributed by atoms with Crippen molar-refractivity contribution < 1.29 is 9.47 Å². The smallest absolute Gasteiger partial charge is 0.180 e. The summed E-state index contributed by atoms with van der Waals surface area (Å²) in [7, 11) is 0. The fourth-order valence-corrected chi connectivity index (χ4v) is 0.470. The first-order valence-corrected chi connectivity index (χ1v) is 3.59. The van der Waals surface area contributed by atoms with Crippen LogP contribution in [0.3, 0.4) is 0 Å². The normalized spacial score (nSPS) is 9.40. The first kappa shape index (κ1) is 9.43. The molecule has 0 fully saturated rings. The van der Waals surface area contributed by atoms with Gasteiger partial charge in [-0.3, -0.25) is 5.41 Å². The average Bonchev–Trinajstić information content (AvgIpc) is 1.98. The molecule has 3 heteroatoms. The van der Waals surface area contributed by atoms with Crippen molar-refractivity contribution in [1.82, 2.24) is 0 Å². The maximum Gasteiger partial charge on any atom is 0.180 e. The molecular weight excluding hydrogens is 130 g/mol. The van der Waals surface area contributed by atoms with E-state index in [4.69, 9.17) is 14.9 Å². The monoisotopic (exact) mass is 145 g/mol. The van der Waals surface area contributed by atoms with E-state index in [1.165, 1.54) is 0 Å². The van der Waals surface area contributed by atoms with Crippen LogP contribution in [0.4, 0.5) is 0 Å². The van der Waals surface area contributed by atoms with Gasteiger partial charge in [-0.1, -0.05) is 6.92 Å². The summed E-state index contributed by atoms with van der Waals surface area (Å²) in [5, 5.41) is 7.10. The minimum Gasteiger partial charge on any atom is -0.479 e. The summed E-state index contributed by atoms with van der Waals surface area (Å²) in [4.78, 5) is 0. The van der Waals surface area contributed by atoms with Crippen LogP contribution in [0.2, 0.25) is 0 Å². The molecule has 0 aliphatic carbocycles. The number of ether oxygens (including phenoxy) is 2. The SMILES string of the molecule is CCOCCOC(=N)CC. The molecule has 0 rings (SSSR count). The number of rotatable bonds is 5. The third-order valence-electron chi connectivity index (χ3n) is 1.03. The summed E-state index contributed by atoms with van der Waals surface area (Å²) in [5.41, 5.74) is 0. The van der Waals surface area contributed by atoms with Crippen molar-refractivity contribution in [1.29, 1.82) is 5.41 Å². The highest BCUT2D eigenvalue weighted by Gasteiger charge is 1.91. The Bertz CT molecular complexity index is 93.6. The van der Waals surface area contributed by atoms with Gasteiger partial charge in [-0.15, -0.1) is 0 Å². The van der Waals surface area contributed by atoms with E-state index in [0.29, 0.717) is 32.1 Å². The van der Waals surface area contributed by atoms with Crippen molar-refractivity contribution >= 4 is 5.90 Å². The fourth-order valence-electron chi connectivity index (χ4n) is 0.470. The zero-order valence-electron chi connectivity index (χ0n) is 6.64. The summed E-state index contributed by atoms with van der Waals surface area (Å²) in [5.74, 6) is 0.333. The van der Waals surface area contributed by atoms with Crippen molar-refractivity contribution in [3.8, 4) is 0 Å². The third-order valence-corrected chi connectivity index (χ3v) is 1.03. The molecule has 0 radical (unpaired) electrons. The van der Waals surface area contributed by atoms with Gasteiger partial charge in [-0.2, -0.15) is 0 Å². The van der Waals surface area contributed by atoms with Gasteiger partial charge in [0.1, 0.15) is 6.61 Å². The van der Waals surface area contributed by atoms with Crippen LogP contribution < -0.4 is 0 Å². The lowest BCUT2D eigenvalue weighted by molar-refractivity contribution is 0.104. The lowest BCUT2D eigenvalue weighted by atomic mass is 10.5. The molecule has 0 aromatic carbocycles. The molecule has 0 aliphatic heterocycles. The summed E-state index contributed by atoms with van der Waals surface area (Å²) < 4.78 is 9.96. The van der Waals surface area contributed by atoms with Crippen LogP contribution in [0, 0.1) is 5.41 Å². The van der Waals surface area contributed by atoms with E-state index in [-0.39, 0.29) is 0 Å². The van der Waals surface area contributed by atoms with Crippen LogP contribution in [0.1, 0.15) is 20.3 Å². The van der Waals surface area contributed by atoms with Crippen LogP contribution in [-0.4, -0.2) is 25.7 Å². The Balaban J connectivity index is 2.96. The average molecular weight is 145 g/mol. The molecule has 0 aromatic heterocycles. The first-order valence-electron chi connectivity index (χ1n) is 3.59. The van der Waals surface area contributed by atoms with Gasteiger partial charge in [-0.25, -0.2) is 0 Å². The van der Waals surface area contributed by atoms with E-state index >= 15 is 0 Å². The predicted molar refractivity (Wildman–Crippen MR) is 40.5 cm³/mol. The minimum atomic E-state index is 0.333. The molecule has 0 aliphatic rings. The van der Waals surface area contributed by atoms with E-state index < -0.39 is 0 Å². The van der Waals surface area contributed by atoms with E-state index in [0.717, 1.165) is 0 Å². The van der Waals surface area contributed by atoms with E-state index in [9.17, 15) is 0 Å². The standard InChI is InChI=1S/C7H15NO2/c1-3-7(8)10-6-5-9-4-2/h8H,3-6H2,1-2H3. The Hall–Kier alpha value is -0.570. The molecule has 0 amide bonds. The van der Waals surface area contributed by atoms with Crippen LogP contribution in [0.5, 0.6) is 0 Å². The van der Waals surface area contributed by atoms with Crippen LogP contribution in [-0.2, 0) is 9.47 Å². The van der Waals surface area contributed by atoms with E-state index in [1.807, 2.05) is 13.8 Å². The second-order valence-corrected chi connectivity index (χ2v) is 1.82. The fraction of sp³-hybridized carbons (Fsp3) is 0.857. The van der Waals surface area contributed by atoms with Gasteiger partial charge in [-0.05, 0) is 6.92 Å². The molecule has 1 N–H and O–H groups in total. The lowest BCUT2D eigenvalue weighted by Crippen LogP contribution is -2.08. The van der Waals surface area contributed by atoms with Gasteiger partial charge < -0.3 is 9.47 Å². The first-order chi connectivity index (χ1) is 4.81.